The molecule has 0 unspecified atom stereocenters. The number of anilines is 1. The highest BCUT2D eigenvalue weighted by molar-refractivity contribution is 5.82. The van der Waals surface area contributed by atoms with Crippen LogP contribution in [0.25, 0.3) is 0 Å². The molecule has 0 aromatic heterocycles. The van der Waals surface area contributed by atoms with Crippen LogP contribution < -0.4 is 14.5 Å². The highest BCUT2D eigenvalue weighted by Crippen LogP contribution is 2.37. The van der Waals surface area contributed by atoms with Gasteiger partial charge in [0.15, 0.2) is 0 Å². The predicted octanol–water partition coefficient (Wildman–Crippen LogP) is 3.48. The molecule has 2 aromatic rings. The summed E-state index contributed by atoms with van der Waals surface area (Å²) in [6, 6.07) is 13.8. The number of hydrogen-bond acceptors (Lipinski definition) is 6. The van der Waals surface area contributed by atoms with Gasteiger partial charge in [0.2, 0.25) is 0 Å². The fourth-order valence-corrected chi connectivity index (χ4v) is 3.45. The van der Waals surface area contributed by atoms with Gasteiger partial charge in [-0.3, -0.25) is 10.2 Å². The molecule has 142 valence electrons. The third kappa shape index (κ3) is 4.23. The van der Waals surface area contributed by atoms with E-state index in [1.54, 1.807) is 0 Å². The second kappa shape index (κ2) is 7.98. The first-order valence-electron chi connectivity index (χ1n) is 9.36. The van der Waals surface area contributed by atoms with Crippen molar-refractivity contribution in [3.63, 3.8) is 0 Å². The van der Waals surface area contributed by atoms with Crippen LogP contribution in [0.2, 0.25) is 0 Å². The van der Waals surface area contributed by atoms with Crippen molar-refractivity contribution < 1.29 is 14.7 Å². The van der Waals surface area contributed by atoms with Gasteiger partial charge < -0.3 is 14.4 Å². The van der Waals surface area contributed by atoms with E-state index in [1.165, 1.54) is 6.34 Å². The fraction of sp³-hybridized carbons (Fsp3) is 0.381. The van der Waals surface area contributed by atoms with Gasteiger partial charge in [-0.1, -0.05) is 30.3 Å². The molecule has 6 nitrogen and oxygen atoms in total. The third-order valence-corrected chi connectivity index (χ3v) is 5.05. The van der Waals surface area contributed by atoms with Gasteiger partial charge >= 0.3 is 0 Å². The molecule has 6 heteroatoms. The van der Waals surface area contributed by atoms with Crippen LogP contribution in [-0.4, -0.2) is 42.7 Å². The molecule has 2 heterocycles. The van der Waals surface area contributed by atoms with E-state index in [1.807, 2.05) is 42.5 Å². The molecule has 0 atom stereocenters. The van der Waals surface area contributed by atoms with Gasteiger partial charge in [0.25, 0.3) is 0 Å². The Kier molecular flexibility index (Phi) is 5.27. The predicted molar refractivity (Wildman–Crippen MR) is 105 cm³/mol. The van der Waals surface area contributed by atoms with Crippen LogP contribution in [0.3, 0.4) is 0 Å². The zero-order valence-corrected chi connectivity index (χ0v) is 15.5. The first kappa shape index (κ1) is 17.8. The Bertz CT molecular complexity index is 802. The first-order chi connectivity index (χ1) is 13.2. The van der Waals surface area contributed by atoms with E-state index in [0.717, 1.165) is 47.9 Å². The average Bonchev–Trinajstić information content (AvgIpc) is 2.70. The number of nitrogens with zero attached hydrogens (tertiary/aromatic N) is 3. The van der Waals surface area contributed by atoms with Crippen LogP contribution >= 0.6 is 0 Å². The lowest BCUT2D eigenvalue weighted by atomic mass is 10.1. The average molecular weight is 367 g/mol. The van der Waals surface area contributed by atoms with Gasteiger partial charge in [-0.25, -0.2) is 5.06 Å². The van der Waals surface area contributed by atoms with Crippen molar-refractivity contribution in [2.45, 2.75) is 32.1 Å². The molecule has 4 rings (SSSR count). The number of aliphatic imine (C=N–C) groups is 1. The standard InChI is InChI=1S/C21H25N3O3/c1-23-9-7-17(8-10-23)27-21-12-18(26-14-16-5-3-2-4-6-16)11-20-19(21)13-22-15-24(20)25/h2-6,11-12,15,17,25H,7-10,13-14H2,1H3. The fourth-order valence-electron chi connectivity index (χ4n) is 3.45. The Hall–Kier alpha value is -2.57. The molecule has 2 aromatic carbocycles. The van der Waals surface area contributed by atoms with Crippen molar-refractivity contribution >= 4 is 12.0 Å². The lowest BCUT2D eigenvalue weighted by Gasteiger charge is -2.31. The van der Waals surface area contributed by atoms with Crippen molar-refractivity contribution in [2.75, 3.05) is 25.2 Å². The smallest absolute Gasteiger partial charge is 0.130 e. The van der Waals surface area contributed by atoms with E-state index in [4.69, 9.17) is 9.47 Å². The number of piperidine rings is 1. The summed E-state index contributed by atoms with van der Waals surface area (Å²) in [4.78, 5) is 6.52. The number of benzene rings is 2. The SMILES string of the molecule is CN1CCC(Oc2cc(OCc3ccccc3)cc3c2CN=CN3O)CC1. The summed E-state index contributed by atoms with van der Waals surface area (Å²) in [6.07, 6.45) is 3.58. The van der Waals surface area contributed by atoms with Crippen molar-refractivity contribution in [2.24, 2.45) is 4.99 Å². The minimum Gasteiger partial charge on any atom is -0.490 e. The molecule has 2 aliphatic rings. The number of rotatable bonds is 5. The molecule has 2 aliphatic heterocycles. The summed E-state index contributed by atoms with van der Waals surface area (Å²) in [5, 5.41) is 11.2. The van der Waals surface area contributed by atoms with E-state index in [9.17, 15) is 5.21 Å². The van der Waals surface area contributed by atoms with Crippen LogP contribution in [0.15, 0.2) is 47.5 Å². The summed E-state index contributed by atoms with van der Waals surface area (Å²) < 4.78 is 12.3. The highest BCUT2D eigenvalue weighted by Gasteiger charge is 2.23. The van der Waals surface area contributed by atoms with Crippen molar-refractivity contribution in [3.8, 4) is 11.5 Å². The molecule has 1 saturated heterocycles. The minimum absolute atomic E-state index is 0.174. The maximum absolute atomic E-state index is 10.2. The highest BCUT2D eigenvalue weighted by atomic mass is 16.5. The molecule has 1 fully saturated rings. The largest absolute Gasteiger partial charge is 0.490 e. The van der Waals surface area contributed by atoms with E-state index in [-0.39, 0.29) is 6.10 Å². The number of likely N-dealkylation sites (tertiary alicyclic amines) is 1. The maximum Gasteiger partial charge on any atom is 0.130 e. The Balaban J connectivity index is 1.56. The molecule has 0 spiro atoms. The zero-order chi connectivity index (χ0) is 18.6. The summed E-state index contributed by atoms with van der Waals surface area (Å²) in [7, 11) is 2.13. The van der Waals surface area contributed by atoms with E-state index >= 15 is 0 Å². The maximum atomic E-state index is 10.2. The minimum atomic E-state index is 0.174. The van der Waals surface area contributed by atoms with Crippen molar-refractivity contribution in [3.05, 3.63) is 53.6 Å². The Morgan fingerprint density at radius 1 is 1.15 bits per heavy atom. The van der Waals surface area contributed by atoms with Gasteiger partial charge in [0, 0.05) is 30.8 Å². The topological polar surface area (TPSA) is 57.5 Å². The molecule has 1 N–H and O–H groups in total. The van der Waals surface area contributed by atoms with E-state index in [0.29, 0.717) is 24.6 Å². The van der Waals surface area contributed by atoms with Gasteiger partial charge in [0.05, 0.1) is 12.2 Å². The van der Waals surface area contributed by atoms with Crippen LogP contribution in [0, 0.1) is 0 Å². The third-order valence-electron chi connectivity index (χ3n) is 5.05. The van der Waals surface area contributed by atoms with Crippen molar-refractivity contribution in [1.82, 2.24) is 4.90 Å². The summed E-state index contributed by atoms with van der Waals surface area (Å²) >= 11 is 0. The molecular weight excluding hydrogens is 342 g/mol. The van der Waals surface area contributed by atoms with Gasteiger partial charge in [-0.2, -0.15) is 0 Å². The molecular formula is C21H25N3O3. The first-order valence-corrected chi connectivity index (χ1v) is 9.36. The zero-order valence-electron chi connectivity index (χ0n) is 15.5. The second-order valence-electron chi connectivity index (χ2n) is 7.11. The van der Waals surface area contributed by atoms with Crippen LogP contribution in [0.1, 0.15) is 24.0 Å². The van der Waals surface area contributed by atoms with E-state index in [2.05, 4.69) is 16.9 Å². The quantitative estimate of drug-likeness (QED) is 0.877. The Labute approximate surface area is 159 Å². The van der Waals surface area contributed by atoms with Crippen LogP contribution in [0.5, 0.6) is 11.5 Å². The number of hydroxylamine groups is 1. The number of hydrogen-bond donors (Lipinski definition) is 1. The monoisotopic (exact) mass is 367 g/mol. The molecule has 0 amide bonds. The van der Waals surface area contributed by atoms with Crippen LogP contribution in [0.4, 0.5) is 5.69 Å². The van der Waals surface area contributed by atoms with Gasteiger partial charge in [-0.05, 0) is 25.5 Å². The molecule has 0 radical (unpaired) electrons. The van der Waals surface area contributed by atoms with Gasteiger partial charge in [-0.15, -0.1) is 0 Å². The number of ether oxygens (including phenoxy) is 2. The molecule has 27 heavy (non-hydrogen) atoms. The Morgan fingerprint density at radius 3 is 2.70 bits per heavy atom. The lowest BCUT2D eigenvalue weighted by Crippen LogP contribution is -2.36. The normalized spacial score (nSPS) is 17.6. The Morgan fingerprint density at radius 2 is 1.93 bits per heavy atom. The van der Waals surface area contributed by atoms with Gasteiger partial charge in [0.1, 0.15) is 30.5 Å². The lowest BCUT2D eigenvalue weighted by molar-refractivity contribution is 0.113. The summed E-state index contributed by atoms with van der Waals surface area (Å²) in [6.45, 7) is 3.02. The summed E-state index contributed by atoms with van der Waals surface area (Å²) in [5.74, 6) is 1.43. The number of fused-ring (bicyclic) bond motifs is 1. The van der Waals surface area contributed by atoms with Crippen LogP contribution in [-0.2, 0) is 13.2 Å². The molecule has 0 aliphatic carbocycles. The van der Waals surface area contributed by atoms with E-state index < -0.39 is 0 Å². The molecule has 0 bridgehead atoms. The second-order valence-corrected chi connectivity index (χ2v) is 7.11. The summed E-state index contributed by atoms with van der Waals surface area (Å²) in [5.41, 5.74) is 2.65. The molecule has 0 saturated carbocycles. The van der Waals surface area contributed by atoms with Crippen molar-refractivity contribution in [1.29, 1.82) is 0 Å².